The van der Waals surface area contributed by atoms with Crippen molar-refractivity contribution in [1.82, 2.24) is 5.32 Å². The Kier molecular flexibility index (Phi) is 3.81. The smallest absolute Gasteiger partial charge is 0.253 e. The van der Waals surface area contributed by atoms with Crippen LogP contribution in [0.3, 0.4) is 0 Å². The molecule has 0 saturated carbocycles. The fourth-order valence-electron chi connectivity index (χ4n) is 2.42. The van der Waals surface area contributed by atoms with Crippen molar-refractivity contribution in [3.05, 3.63) is 29.6 Å². The largest absolute Gasteiger partial charge is 0.372 e. The minimum absolute atomic E-state index is 0.0296. The number of carbonyl (C=O) groups is 1. The van der Waals surface area contributed by atoms with E-state index in [1.807, 2.05) is 11.9 Å². The molecule has 0 spiro atoms. The highest BCUT2D eigenvalue weighted by Gasteiger charge is 2.20. The number of hydrogen-bond donors (Lipinski definition) is 2. The zero-order chi connectivity index (χ0) is 13.1. The van der Waals surface area contributed by atoms with Gasteiger partial charge in [-0.05, 0) is 31.5 Å². The zero-order valence-electron chi connectivity index (χ0n) is 10.4. The first-order chi connectivity index (χ1) is 8.59. The number of carbonyl (C=O) groups excluding carboxylic acids is 1. The average molecular weight is 251 g/mol. The van der Waals surface area contributed by atoms with E-state index in [9.17, 15) is 9.18 Å². The summed E-state index contributed by atoms with van der Waals surface area (Å²) < 4.78 is 13.6. The van der Waals surface area contributed by atoms with Crippen molar-refractivity contribution in [2.75, 3.05) is 25.0 Å². The average Bonchev–Trinajstić information content (AvgIpc) is 2.80. The third-order valence-electron chi connectivity index (χ3n) is 3.31. The lowest BCUT2D eigenvalue weighted by molar-refractivity contribution is 0.0997. The molecule has 0 aliphatic carbocycles. The number of nitrogens with two attached hydrogens (primary N) is 1. The summed E-state index contributed by atoms with van der Waals surface area (Å²) in [6.45, 7) is 1.76. The molecule has 1 aliphatic rings. The van der Waals surface area contributed by atoms with Crippen LogP contribution in [0.25, 0.3) is 0 Å². The summed E-state index contributed by atoms with van der Waals surface area (Å²) in [4.78, 5) is 13.2. The molecule has 1 fully saturated rings. The van der Waals surface area contributed by atoms with Gasteiger partial charge in [0.2, 0.25) is 0 Å². The Morgan fingerprint density at radius 1 is 1.61 bits per heavy atom. The molecule has 98 valence electrons. The van der Waals surface area contributed by atoms with Crippen LogP contribution in [0.15, 0.2) is 18.2 Å². The molecule has 3 N–H and O–H groups in total. The number of rotatable bonds is 4. The van der Waals surface area contributed by atoms with Crippen LogP contribution in [0.5, 0.6) is 0 Å². The third kappa shape index (κ3) is 2.61. The molecule has 1 aromatic carbocycles. The predicted molar refractivity (Wildman–Crippen MR) is 69.2 cm³/mol. The summed E-state index contributed by atoms with van der Waals surface area (Å²) >= 11 is 0. The van der Waals surface area contributed by atoms with E-state index < -0.39 is 11.7 Å². The lowest BCUT2D eigenvalue weighted by Crippen LogP contribution is -2.36. The highest BCUT2D eigenvalue weighted by atomic mass is 19.1. The molecular formula is C13H18FN3O. The first kappa shape index (κ1) is 12.8. The second-order valence-corrected chi connectivity index (χ2v) is 4.67. The number of benzene rings is 1. The SMILES string of the molecule is CN(CC1CCCN1)c1cccc(F)c1C(N)=O. The van der Waals surface area contributed by atoms with Crippen molar-refractivity contribution >= 4 is 11.6 Å². The Morgan fingerprint density at radius 3 is 3.00 bits per heavy atom. The third-order valence-corrected chi connectivity index (χ3v) is 3.31. The van der Waals surface area contributed by atoms with Gasteiger partial charge in [0.25, 0.3) is 5.91 Å². The maximum absolute atomic E-state index is 13.6. The Labute approximate surface area is 106 Å². The standard InChI is InChI=1S/C13H18FN3O/c1-17(8-9-4-3-7-16-9)11-6-2-5-10(14)12(11)13(15)18/h2,5-6,9,16H,3-4,7-8H2,1H3,(H2,15,18). The highest BCUT2D eigenvalue weighted by Crippen LogP contribution is 2.22. The van der Waals surface area contributed by atoms with E-state index in [2.05, 4.69) is 5.32 Å². The van der Waals surface area contributed by atoms with Gasteiger partial charge in [-0.3, -0.25) is 4.79 Å². The zero-order valence-corrected chi connectivity index (χ0v) is 10.4. The van der Waals surface area contributed by atoms with Gasteiger partial charge in [-0.25, -0.2) is 4.39 Å². The fraction of sp³-hybridized carbons (Fsp3) is 0.462. The molecule has 1 amide bonds. The van der Waals surface area contributed by atoms with E-state index in [0.29, 0.717) is 11.7 Å². The van der Waals surface area contributed by atoms with E-state index in [4.69, 9.17) is 5.73 Å². The highest BCUT2D eigenvalue weighted by molar-refractivity contribution is 5.98. The second kappa shape index (κ2) is 5.35. The number of nitrogens with zero attached hydrogens (tertiary/aromatic N) is 1. The normalized spacial score (nSPS) is 18.9. The van der Waals surface area contributed by atoms with Crippen molar-refractivity contribution in [3.8, 4) is 0 Å². The van der Waals surface area contributed by atoms with Crippen molar-refractivity contribution in [3.63, 3.8) is 0 Å². The number of amides is 1. The number of halogens is 1. The molecule has 18 heavy (non-hydrogen) atoms. The molecule has 2 rings (SSSR count). The maximum atomic E-state index is 13.6. The van der Waals surface area contributed by atoms with Gasteiger partial charge < -0.3 is 16.0 Å². The van der Waals surface area contributed by atoms with Crippen LogP contribution in [0.1, 0.15) is 23.2 Å². The number of likely N-dealkylation sites (N-methyl/N-ethyl adjacent to an activating group) is 1. The van der Waals surface area contributed by atoms with Crippen LogP contribution in [0.4, 0.5) is 10.1 Å². The van der Waals surface area contributed by atoms with E-state index >= 15 is 0 Å². The van der Waals surface area contributed by atoms with Gasteiger partial charge in [-0.15, -0.1) is 0 Å². The van der Waals surface area contributed by atoms with Gasteiger partial charge in [0.15, 0.2) is 0 Å². The van der Waals surface area contributed by atoms with E-state index in [-0.39, 0.29) is 5.56 Å². The summed E-state index contributed by atoms with van der Waals surface area (Å²) in [6, 6.07) is 4.96. The van der Waals surface area contributed by atoms with Crippen molar-refractivity contribution < 1.29 is 9.18 Å². The Hall–Kier alpha value is -1.62. The molecule has 0 aromatic heterocycles. The second-order valence-electron chi connectivity index (χ2n) is 4.67. The van der Waals surface area contributed by atoms with Gasteiger partial charge in [0.05, 0.1) is 11.3 Å². The fourth-order valence-corrected chi connectivity index (χ4v) is 2.42. The Morgan fingerprint density at radius 2 is 2.39 bits per heavy atom. The minimum atomic E-state index is -0.727. The Bertz CT molecular complexity index is 444. The molecule has 0 bridgehead atoms. The molecule has 1 aliphatic heterocycles. The molecule has 5 heteroatoms. The maximum Gasteiger partial charge on any atom is 0.253 e. The van der Waals surface area contributed by atoms with E-state index in [1.54, 1.807) is 12.1 Å². The molecule has 1 atom stereocenters. The first-order valence-corrected chi connectivity index (χ1v) is 6.12. The summed E-state index contributed by atoms with van der Waals surface area (Å²) in [5.41, 5.74) is 5.76. The molecular weight excluding hydrogens is 233 g/mol. The summed E-state index contributed by atoms with van der Waals surface area (Å²) in [7, 11) is 1.85. The molecule has 1 unspecified atom stereocenters. The summed E-state index contributed by atoms with van der Waals surface area (Å²) in [5.74, 6) is -1.29. The molecule has 0 radical (unpaired) electrons. The quantitative estimate of drug-likeness (QED) is 0.843. The summed E-state index contributed by atoms with van der Waals surface area (Å²) in [6.07, 6.45) is 2.26. The van der Waals surface area contributed by atoms with Gasteiger partial charge in [0.1, 0.15) is 5.82 Å². The van der Waals surface area contributed by atoms with E-state index in [1.165, 1.54) is 6.07 Å². The predicted octanol–water partition coefficient (Wildman–Crippen LogP) is 1.11. The van der Waals surface area contributed by atoms with Crippen LogP contribution in [0.2, 0.25) is 0 Å². The Balaban J connectivity index is 2.20. The van der Waals surface area contributed by atoms with Gasteiger partial charge >= 0.3 is 0 Å². The number of anilines is 1. The monoisotopic (exact) mass is 251 g/mol. The van der Waals surface area contributed by atoms with Crippen LogP contribution in [-0.4, -0.2) is 32.1 Å². The van der Waals surface area contributed by atoms with Crippen LogP contribution in [0, 0.1) is 5.82 Å². The van der Waals surface area contributed by atoms with Gasteiger partial charge in [-0.2, -0.15) is 0 Å². The number of nitrogens with one attached hydrogen (secondary N) is 1. The van der Waals surface area contributed by atoms with Crippen LogP contribution >= 0.6 is 0 Å². The minimum Gasteiger partial charge on any atom is -0.372 e. The molecule has 4 nitrogen and oxygen atoms in total. The van der Waals surface area contributed by atoms with E-state index in [0.717, 1.165) is 25.9 Å². The van der Waals surface area contributed by atoms with Crippen molar-refractivity contribution in [2.45, 2.75) is 18.9 Å². The topological polar surface area (TPSA) is 58.4 Å². The number of hydrogen-bond acceptors (Lipinski definition) is 3. The lowest BCUT2D eigenvalue weighted by Gasteiger charge is -2.25. The van der Waals surface area contributed by atoms with Crippen LogP contribution < -0.4 is 16.0 Å². The van der Waals surface area contributed by atoms with Crippen molar-refractivity contribution in [1.29, 1.82) is 0 Å². The summed E-state index contributed by atoms with van der Waals surface area (Å²) in [5, 5.41) is 3.37. The molecule has 1 saturated heterocycles. The lowest BCUT2D eigenvalue weighted by atomic mass is 10.1. The van der Waals surface area contributed by atoms with Gasteiger partial charge in [0, 0.05) is 19.6 Å². The first-order valence-electron chi connectivity index (χ1n) is 6.12. The van der Waals surface area contributed by atoms with Crippen LogP contribution in [-0.2, 0) is 0 Å². The van der Waals surface area contributed by atoms with Crippen molar-refractivity contribution in [2.24, 2.45) is 5.73 Å². The van der Waals surface area contributed by atoms with Gasteiger partial charge in [-0.1, -0.05) is 6.07 Å². The number of primary amides is 1. The molecule has 1 aromatic rings. The molecule has 1 heterocycles.